The van der Waals surface area contributed by atoms with E-state index in [-0.39, 0.29) is 5.54 Å². The monoisotopic (exact) mass is 239 g/mol. The summed E-state index contributed by atoms with van der Waals surface area (Å²) in [7, 11) is 0. The molecule has 1 aliphatic carbocycles. The van der Waals surface area contributed by atoms with Crippen molar-refractivity contribution in [1.29, 1.82) is 0 Å². The molecule has 0 amide bonds. The molecule has 2 rings (SSSR count). The van der Waals surface area contributed by atoms with Gasteiger partial charge in [0.15, 0.2) is 0 Å². The topological polar surface area (TPSA) is 50.9 Å². The molecule has 4 heteroatoms. The standard InChI is InChI=1S/C12H21N3S/c1-10-15-11(8-16-10)7-14-9-12(13)5-3-2-4-6-12/h8,14H,2-7,9,13H2,1H3. The Morgan fingerprint density at radius 1 is 1.44 bits per heavy atom. The summed E-state index contributed by atoms with van der Waals surface area (Å²) in [4.78, 5) is 4.43. The molecule has 0 aliphatic heterocycles. The zero-order chi connectivity index (χ0) is 11.4. The van der Waals surface area contributed by atoms with E-state index in [1.807, 2.05) is 6.92 Å². The van der Waals surface area contributed by atoms with Crippen LogP contribution in [-0.2, 0) is 6.54 Å². The first kappa shape index (κ1) is 12.0. The van der Waals surface area contributed by atoms with Crippen molar-refractivity contribution in [3.05, 3.63) is 16.1 Å². The number of nitrogens with one attached hydrogen (secondary N) is 1. The first-order chi connectivity index (χ1) is 7.68. The highest BCUT2D eigenvalue weighted by atomic mass is 32.1. The summed E-state index contributed by atoms with van der Waals surface area (Å²) in [6, 6.07) is 0. The number of hydrogen-bond acceptors (Lipinski definition) is 4. The van der Waals surface area contributed by atoms with E-state index in [1.165, 1.54) is 19.3 Å². The van der Waals surface area contributed by atoms with Crippen molar-refractivity contribution in [2.75, 3.05) is 6.54 Å². The number of rotatable bonds is 4. The molecule has 1 saturated carbocycles. The molecule has 1 aromatic rings. The summed E-state index contributed by atoms with van der Waals surface area (Å²) in [6.45, 7) is 3.81. The smallest absolute Gasteiger partial charge is 0.0897 e. The van der Waals surface area contributed by atoms with Crippen LogP contribution in [0.2, 0.25) is 0 Å². The Bertz CT molecular complexity index is 329. The molecule has 0 radical (unpaired) electrons. The predicted molar refractivity (Wildman–Crippen MR) is 68.6 cm³/mol. The Hall–Kier alpha value is -0.450. The van der Waals surface area contributed by atoms with Gasteiger partial charge in [0.05, 0.1) is 10.7 Å². The molecular formula is C12H21N3S. The van der Waals surface area contributed by atoms with Gasteiger partial charge in [0, 0.05) is 24.0 Å². The lowest BCUT2D eigenvalue weighted by atomic mass is 9.82. The molecule has 0 unspecified atom stereocenters. The maximum absolute atomic E-state index is 6.35. The highest BCUT2D eigenvalue weighted by molar-refractivity contribution is 7.09. The normalized spacial score (nSPS) is 19.9. The van der Waals surface area contributed by atoms with Crippen LogP contribution in [0.1, 0.15) is 42.8 Å². The van der Waals surface area contributed by atoms with E-state index < -0.39 is 0 Å². The second-order valence-corrected chi connectivity index (χ2v) is 5.95. The molecule has 1 heterocycles. The number of nitrogens with zero attached hydrogens (tertiary/aromatic N) is 1. The number of nitrogens with two attached hydrogens (primary N) is 1. The lowest BCUT2D eigenvalue weighted by molar-refractivity contribution is 0.283. The van der Waals surface area contributed by atoms with Crippen molar-refractivity contribution < 1.29 is 0 Å². The summed E-state index contributed by atoms with van der Waals surface area (Å²) in [5, 5.41) is 6.70. The summed E-state index contributed by atoms with van der Waals surface area (Å²) < 4.78 is 0. The van der Waals surface area contributed by atoms with Gasteiger partial charge < -0.3 is 11.1 Å². The van der Waals surface area contributed by atoms with Gasteiger partial charge in [0.25, 0.3) is 0 Å². The van der Waals surface area contributed by atoms with Crippen molar-refractivity contribution in [3.8, 4) is 0 Å². The molecule has 1 aromatic heterocycles. The van der Waals surface area contributed by atoms with Gasteiger partial charge in [-0.15, -0.1) is 11.3 Å². The third-order valence-corrected chi connectivity index (χ3v) is 4.12. The number of thiazole rings is 1. The van der Waals surface area contributed by atoms with E-state index in [4.69, 9.17) is 5.73 Å². The van der Waals surface area contributed by atoms with Crippen LogP contribution < -0.4 is 11.1 Å². The van der Waals surface area contributed by atoms with Crippen molar-refractivity contribution in [2.45, 2.75) is 51.1 Å². The molecule has 0 bridgehead atoms. The van der Waals surface area contributed by atoms with E-state index in [9.17, 15) is 0 Å². The molecule has 3 nitrogen and oxygen atoms in total. The van der Waals surface area contributed by atoms with E-state index in [0.29, 0.717) is 0 Å². The number of aromatic nitrogens is 1. The average Bonchev–Trinajstić information content (AvgIpc) is 2.65. The minimum atomic E-state index is 0.0311. The SMILES string of the molecule is Cc1nc(CNCC2(N)CCCCC2)cs1. The van der Waals surface area contributed by atoms with Gasteiger partial charge in [0.2, 0.25) is 0 Å². The first-order valence-corrected chi connectivity index (χ1v) is 6.97. The van der Waals surface area contributed by atoms with Crippen LogP contribution in [0, 0.1) is 6.92 Å². The summed E-state index contributed by atoms with van der Waals surface area (Å²) >= 11 is 1.71. The van der Waals surface area contributed by atoms with Gasteiger partial charge in [-0.05, 0) is 19.8 Å². The zero-order valence-electron chi connectivity index (χ0n) is 9.96. The lowest BCUT2D eigenvalue weighted by Gasteiger charge is -2.33. The Morgan fingerprint density at radius 3 is 2.81 bits per heavy atom. The third kappa shape index (κ3) is 3.27. The van der Waals surface area contributed by atoms with Gasteiger partial charge in [-0.2, -0.15) is 0 Å². The second kappa shape index (κ2) is 5.25. The summed E-state index contributed by atoms with van der Waals surface area (Å²) in [6.07, 6.45) is 6.25. The average molecular weight is 239 g/mol. The van der Waals surface area contributed by atoms with E-state index in [2.05, 4.69) is 15.7 Å². The fourth-order valence-electron chi connectivity index (χ4n) is 2.36. The fraction of sp³-hybridized carbons (Fsp3) is 0.750. The molecule has 1 fully saturated rings. The molecule has 16 heavy (non-hydrogen) atoms. The second-order valence-electron chi connectivity index (χ2n) is 4.88. The van der Waals surface area contributed by atoms with Crippen LogP contribution in [0.4, 0.5) is 0 Å². The van der Waals surface area contributed by atoms with Crippen molar-refractivity contribution in [1.82, 2.24) is 10.3 Å². The zero-order valence-corrected chi connectivity index (χ0v) is 10.8. The van der Waals surface area contributed by atoms with Crippen LogP contribution in [0.5, 0.6) is 0 Å². The minimum Gasteiger partial charge on any atom is -0.324 e. The predicted octanol–water partition coefficient (Wildman–Crippen LogP) is 2.20. The quantitative estimate of drug-likeness (QED) is 0.847. The van der Waals surface area contributed by atoms with Crippen LogP contribution in [0.3, 0.4) is 0 Å². The van der Waals surface area contributed by atoms with E-state index >= 15 is 0 Å². The summed E-state index contributed by atoms with van der Waals surface area (Å²) in [5.74, 6) is 0. The van der Waals surface area contributed by atoms with Gasteiger partial charge >= 0.3 is 0 Å². The third-order valence-electron chi connectivity index (χ3n) is 3.30. The van der Waals surface area contributed by atoms with Crippen LogP contribution in [0.25, 0.3) is 0 Å². The molecule has 0 spiro atoms. The van der Waals surface area contributed by atoms with Gasteiger partial charge in [-0.1, -0.05) is 19.3 Å². The Labute approximate surface area is 101 Å². The maximum atomic E-state index is 6.35. The van der Waals surface area contributed by atoms with Crippen molar-refractivity contribution in [3.63, 3.8) is 0 Å². The van der Waals surface area contributed by atoms with Gasteiger partial charge in [0.1, 0.15) is 0 Å². The van der Waals surface area contributed by atoms with Crippen molar-refractivity contribution in [2.24, 2.45) is 5.73 Å². The first-order valence-electron chi connectivity index (χ1n) is 6.09. The van der Waals surface area contributed by atoms with E-state index in [0.717, 1.165) is 36.6 Å². The highest BCUT2D eigenvalue weighted by Gasteiger charge is 2.26. The Morgan fingerprint density at radius 2 is 2.19 bits per heavy atom. The van der Waals surface area contributed by atoms with Gasteiger partial charge in [-0.25, -0.2) is 4.98 Å². The molecule has 0 atom stereocenters. The maximum Gasteiger partial charge on any atom is 0.0897 e. The highest BCUT2D eigenvalue weighted by Crippen LogP contribution is 2.25. The summed E-state index contributed by atoms with van der Waals surface area (Å²) in [5.41, 5.74) is 7.52. The van der Waals surface area contributed by atoms with Crippen LogP contribution in [-0.4, -0.2) is 17.1 Å². The lowest BCUT2D eigenvalue weighted by Crippen LogP contribution is -2.49. The molecule has 0 saturated heterocycles. The largest absolute Gasteiger partial charge is 0.324 e. The Kier molecular flexibility index (Phi) is 3.95. The molecular weight excluding hydrogens is 218 g/mol. The molecule has 0 aromatic carbocycles. The van der Waals surface area contributed by atoms with Crippen LogP contribution in [0.15, 0.2) is 5.38 Å². The van der Waals surface area contributed by atoms with Crippen molar-refractivity contribution >= 4 is 11.3 Å². The van der Waals surface area contributed by atoms with Gasteiger partial charge in [-0.3, -0.25) is 0 Å². The van der Waals surface area contributed by atoms with Crippen LogP contribution >= 0.6 is 11.3 Å². The number of aryl methyl sites for hydroxylation is 1. The fourth-order valence-corrected chi connectivity index (χ4v) is 2.97. The molecule has 3 N–H and O–H groups in total. The molecule has 1 aliphatic rings. The minimum absolute atomic E-state index is 0.0311. The Balaban J connectivity index is 1.74. The molecule has 90 valence electrons. The van der Waals surface area contributed by atoms with E-state index in [1.54, 1.807) is 11.3 Å². The number of hydrogen-bond donors (Lipinski definition) is 2.